The number of benzene rings is 2. The van der Waals surface area contributed by atoms with Crippen molar-refractivity contribution >= 4 is 0 Å². The van der Waals surface area contributed by atoms with Crippen molar-refractivity contribution in [1.82, 2.24) is 5.32 Å². The summed E-state index contributed by atoms with van der Waals surface area (Å²) in [5.41, 5.74) is 1.72. The fourth-order valence-electron chi connectivity index (χ4n) is 2.76. The first kappa shape index (κ1) is 15.1. The Morgan fingerprint density at radius 3 is 2.23 bits per heavy atom. The van der Waals surface area contributed by atoms with Gasteiger partial charge in [0, 0.05) is 11.6 Å². The maximum Gasteiger partial charge on any atom is 0.127 e. The topological polar surface area (TPSA) is 21.3 Å². The van der Waals surface area contributed by atoms with Gasteiger partial charge in [-0.25, -0.2) is 0 Å². The van der Waals surface area contributed by atoms with Crippen molar-refractivity contribution in [2.24, 2.45) is 0 Å². The van der Waals surface area contributed by atoms with Gasteiger partial charge in [-0.2, -0.15) is 0 Å². The summed E-state index contributed by atoms with van der Waals surface area (Å²) in [7, 11) is 0. The fourth-order valence-corrected chi connectivity index (χ4v) is 2.76. The smallest absolute Gasteiger partial charge is 0.127 e. The van der Waals surface area contributed by atoms with Crippen LogP contribution in [0.5, 0.6) is 11.5 Å². The molecular weight excluding hydrogens is 270 g/mol. The molecule has 0 radical (unpaired) electrons. The molecule has 22 heavy (non-hydrogen) atoms. The molecule has 2 nitrogen and oxygen atoms in total. The van der Waals surface area contributed by atoms with Crippen molar-refractivity contribution in [3.05, 3.63) is 60.2 Å². The van der Waals surface area contributed by atoms with Gasteiger partial charge in [0.15, 0.2) is 0 Å². The third kappa shape index (κ3) is 3.89. The molecule has 1 saturated carbocycles. The lowest BCUT2D eigenvalue weighted by Gasteiger charge is -2.23. The highest BCUT2D eigenvalue weighted by atomic mass is 16.5. The summed E-state index contributed by atoms with van der Waals surface area (Å²) >= 11 is 0. The van der Waals surface area contributed by atoms with E-state index in [0.29, 0.717) is 11.6 Å². The van der Waals surface area contributed by atoms with Crippen molar-refractivity contribution in [3.8, 4) is 11.5 Å². The molecule has 1 aliphatic carbocycles. The standard InChI is InChI=1S/C20H25NO/c1-3-7-19(21-20(2)14-15-20)16-10-12-18(13-11-16)22-17-8-5-4-6-9-17/h4-6,8-13,19,21H,3,7,14-15H2,1-2H3. The van der Waals surface area contributed by atoms with Gasteiger partial charge in [0.25, 0.3) is 0 Å². The molecule has 0 amide bonds. The predicted octanol–water partition coefficient (Wildman–Crippen LogP) is 5.46. The average Bonchev–Trinajstić information content (AvgIpc) is 3.26. The van der Waals surface area contributed by atoms with E-state index in [1.54, 1.807) is 0 Å². The fraction of sp³-hybridized carbons (Fsp3) is 0.400. The summed E-state index contributed by atoms with van der Waals surface area (Å²) in [6, 6.07) is 18.9. The van der Waals surface area contributed by atoms with Gasteiger partial charge < -0.3 is 10.1 Å². The van der Waals surface area contributed by atoms with E-state index in [9.17, 15) is 0 Å². The van der Waals surface area contributed by atoms with E-state index in [2.05, 4.69) is 43.4 Å². The molecule has 1 aliphatic rings. The first-order valence-corrected chi connectivity index (χ1v) is 8.29. The van der Waals surface area contributed by atoms with Crippen LogP contribution in [0.1, 0.15) is 51.1 Å². The number of nitrogens with one attached hydrogen (secondary N) is 1. The van der Waals surface area contributed by atoms with E-state index in [0.717, 1.165) is 11.5 Å². The summed E-state index contributed by atoms with van der Waals surface area (Å²) in [6.07, 6.45) is 4.95. The Morgan fingerprint density at radius 1 is 1.00 bits per heavy atom. The quantitative estimate of drug-likeness (QED) is 0.732. The van der Waals surface area contributed by atoms with Crippen LogP contribution < -0.4 is 10.1 Å². The number of rotatable bonds is 7. The van der Waals surface area contributed by atoms with Crippen LogP contribution in [0.25, 0.3) is 0 Å². The van der Waals surface area contributed by atoms with Crippen molar-refractivity contribution in [1.29, 1.82) is 0 Å². The van der Waals surface area contributed by atoms with E-state index < -0.39 is 0 Å². The van der Waals surface area contributed by atoms with Crippen LogP contribution in [0.2, 0.25) is 0 Å². The lowest BCUT2D eigenvalue weighted by molar-refractivity contribution is 0.418. The second-order valence-corrected chi connectivity index (χ2v) is 6.53. The lowest BCUT2D eigenvalue weighted by Crippen LogP contribution is -2.32. The Morgan fingerprint density at radius 2 is 1.64 bits per heavy atom. The zero-order chi connectivity index (χ0) is 15.4. The Balaban J connectivity index is 1.68. The highest BCUT2D eigenvalue weighted by molar-refractivity contribution is 5.34. The summed E-state index contributed by atoms with van der Waals surface area (Å²) in [4.78, 5) is 0. The molecule has 2 aromatic rings. The number of para-hydroxylation sites is 1. The third-order valence-corrected chi connectivity index (χ3v) is 4.36. The molecule has 2 aromatic carbocycles. The maximum absolute atomic E-state index is 5.87. The summed E-state index contributed by atoms with van der Waals surface area (Å²) in [5, 5.41) is 3.81. The van der Waals surface area contributed by atoms with E-state index >= 15 is 0 Å². The minimum Gasteiger partial charge on any atom is -0.457 e. The third-order valence-electron chi connectivity index (χ3n) is 4.36. The molecule has 0 saturated heterocycles. The minimum absolute atomic E-state index is 0.360. The molecule has 116 valence electrons. The van der Waals surface area contributed by atoms with Crippen LogP contribution in [-0.2, 0) is 0 Å². The largest absolute Gasteiger partial charge is 0.457 e. The van der Waals surface area contributed by atoms with Crippen molar-refractivity contribution in [3.63, 3.8) is 0 Å². The lowest BCUT2D eigenvalue weighted by atomic mass is 10.0. The first-order chi connectivity index (χ1) is 10.7. The van der Waals surface area contributed by atoms with Gasteiger partial charge in [-0.15, -0.1) is 0 Å². The van der Waals surface area contributed by atoms with Crippen molar-refractivity contribution in [2.45, 2.75) is 51.1 Å². The SMILES string of the molecule is CCCC(NC1(C)CC1)c1ccc(Oc2ccccc2)cc1. The normalized spacial score (nSPS) is 17.0. The van der Waals surface area contributed by atoms with Crippen LogP contribution in [0.4, 0.5) is 0 Å². The van der Waals surface area contributed by atoms with Crippen LogP contribution in [0, 0.1) is 0 Å². The molecule has 3 rings (SSSR count). The van der Waals surface area contributed by atoms with E-state index in [-0.39, 0.29) is 0 Å². The molecular formula is C20H25NO. The van der Waals surface area contributed by atoms with Gasteiger partial charge in [0.1, 0.15) is 11.5 Å². The second kappa shape index (κ2) is 6.53. The average molecular weight is 295 g/mol. The Hall–Kier alpha value is -1.80. The summed E-state index contributed by atoms with van der Waals surface area (Å²) in [5.74, 6) is 1.77. The minimum atomic E-state index is 0.360. The molecule has 2 heteroatoms. The molecule has 0 aliphatic heterocycles. The van der Waals surface area contributed by atoms with Crippen molar-refractivity contribution in [2.75, 3.05) is 0 Å². The second-order valence-electron chi connectivity index (χ2n) is 6.53. The van der Waals surface area contributed by atoms with E-state index in [1.807, 2.05) is 30.3 Å². The monoisotopic (exact) mass is 295 g/mol. The zero-order valence-electron chi connectivity index (χ0n) is 13.5. The molecule has 0 aromatic heterocycles. The van der Waals surface area contributed by atoms with Crippen molar-refractivity contribution < 1.29 is 4.74 Å². The molecule has 0 bridgehead atoms. The Labute approximate surface area is 133 Å². The van der Waals surface area contributed by atoms with Gasteiger partial charge in [-0.3, -0.25) is 0 Å². The highest BCUT2D eigenvalue weighted by Crippen LogP contribution is 2.38. The van der Waals surface area contributed by atoms with Gasteiger partial charge in [-0.1, -0.05) is 43.7 Å². The van der Waals surface area contributed by atoms with Gasteiger partial charge >= 0.3 is 0 Å². The summed E-state index contributed by atoms with van der Waals surface area (Å²) < 4.78 is 5.87. The zero-order valence-corrected chi connectivity index (χ0v) is 13.5. The molecule has 0 spiro atoms. The van der Waals surface area contributed by atoms with E-state index in [4.69, 9.17) is 4.74 Å². The molecule has 1 fully saturated rings. The predicted molar refractivity (Wildman–Crippen MR) is 91.4 cm³/mol. The Kier molecular flexibility index (Phi) is 4.49. The molecule has 1 atom stereocenters. The van der Waals surface area contributed by atoms with Gasteiger partial charge in [-0.05, 0) is 56.0 Å². The van der Waals surface area contributed by atoms with Crippen LogP contribution >= 0.6 is 0 Å². The number of hydrogen-bond acceptors (Lipinski definition) is 2. The molecule has 1 unspecified atom stereocenters. The number of ether oxygens (including phenoxy) is 1. The van der Waals surface area contributed by atoms with E-state index in [1.165, 1.54) is 31.2 Å². The maximum atomic E-state index is 5.87. The van der Waals surface area contributed by atoms with Gasteiger partial charge in [0.2, 0.25) is 0 Å². The van der Waals surface area contributed by atoms with Crippen LogP contribution in [-0.4, -0.2) is 5.54 Å². The Bertz CT molecular complexity index is 587. The highest BCUT2D eigenvalue weighted by Gasteiger charge is 2.38. The first-order valence-electron chi connectivity index (χ1n) is 8.29. The van der Waals surface area contributed by atoms with Gasteiger partial charge in [0.05, 0.1) is 0 Å². The number of hydrogen-bond donors (Lipinski definition) is 1. The van der Waals surface area contributed by atoms with Crippen LogP contribution in [0.3, 0.4) is 0 Å². The molecule has 0 heterocycles. The molecule has 1 N–H and O–H groups in total. The summed E-state index contributed by atoms with van der Waals surface area (Å²) in [6.45, 7) is 4.57. The van der Waals surface area contributed by atoms with Crippen LogP contribution in [0.15, 0.2) is 54.6 Å².